The first-order chi connectivity index (χ1) is 6.54. The van der Waals surface area contributed by atoms with Crippen molar-refractivity contribution in [1.29, 1.82) is 0 Å². The predicted molar refractivity (Wildman–Crippen MR) is 51.8 cm³/mol. The molecule has 1 aliphatic rings. The summed E-state index contributed by atoms with van der Waals surface area (Å²) in [6, 6.07) is 3.00. The Hall–Kier alpha value is -1.23. The smallest absolute Gasteiger partial charge is 0.299 e. The number of benzene rings is 1. The summed E-state index contributed by atoms with van der Waals surface area (Å²) in [5, 5.41) is 0. The number of Topliss-reactive ketones (excluding diaryl/α,β-unsaturated/α-hetero) is 1. The molecule has 0 radical (unpaired) electrons. The van der Waals surface area contributed by atoms with Gasteiger partial charge in [-0.1, -0.05) is 0 Å². The third-order valence-electron chi connectivity index (χ3n) is 2.16. The van der Waals surface area contributed by atoms with Gasteiger partial charge in [-0.15, -0.1) is 0 Å². The van der Waals surface area contributed by atoms with Crippen molar-refractivity contribution in [3.63, 3.8) is 0 Å². The molecule has 3 nitrogen and oxygen atoms in total. The van der Waals surface area contributed by atoms with Crippen molar-refractivity contribution < 1.29 is 14.0 Å². The van der Waals surface area contributed by atoms with Gasteiger partial charge in [0.15, 0.2) is 5.82 Å². The zero-order valence-electron chi connectivity index (χ0n) is 7.17. The molecule has 2 rings (SSSR count). The molecule has 1 heterocycles. The molecule has 1 aromatic carbocycles. The van der Waals surface area contributed by atoms with Gasteiger partial charge in [-0.3, -0.25) is 9.59 Å². The SMILES string of the molecule is CN1C(=O)C(=O)c2c1ccc(Br)c2F. The summed E-state index contributed by atoms with van der Waals surface area (Å²) in [7, 11) is 1.44. The van der Waals surface area contributed by atoms with Crippen molar-refractivity contribution in [3.05, 3.63) is 28.0 Å². The summed E-state index contributed by atoms with van der Waals surface area (Å²) in [5.41, 5.74) is 0.174. The Morgan fingerprint density at radius 1 is 1.36 bits per heavy atom. The number of hydrogen-bond donors (Lipinski definition) is 0. The van der Waals surface area contributed by atoms with Crippen molar-refractivity contribution in [3.8, 4) is 0 Å². The van der Waals surface area contributed by atoms with Gasteiger partial charge in [0.2, 0.25) is 0 Å². The fourth-order valence-corrected chi connectivity index (χ4v) is 1.74. The van der Waals surface area contributed by atoms with Gasteiger partial charge in [0, 0.05) is 7.05 Å². The van der Waals surface area contributed by atoms with E-state index in [2.05, 4.69) is 15.9 Å². The molecule has 0 saturated heterocycles. The fourth-order valence-electron chi connectivity index (χ4n) is 1.40. The zero-order chi connectivity index (χ0) is 10.5. The molecule has 14 heavy (non-hydrogen) atoms. The lowest BCUT2D eigenvalue weighted by Crippen LogP contribution is -2.24. The van der Waals surface area contributed by atoms with E-state index in [0.29, 0.717) is 5.69 Å². The number of likely N-dealkylation sites (N-methyl/N-ethyl adjacent to an activating group) is 1. The molecule has 0 fully saturated rings. The quantitative estimate of drug-likeness (QED) is 0.665. The second kappa shape index (κ2) is 2.88. The minimum atomic E-state index is -0.790. The Balaban J connectivity index is 2.76. The first-order valence-electron chi connectivity index (χ1n) is 3.84. The maximum absolute atomic E-state index is 13.5. The van der Waals surface area contributed by atoms with Crippen molar-refractivity contribution in [2.24, 2.45) is 0 Å². The molecule has 0 unspecified atom stereocenters. The molecule has 1 amide bonds. The fraction of sp³-hybridized carbons (Fsp3) is 0.111. The maximum atomic E-state index is 13.5. The molecule has 5 heteroatoms. The van der Waals surface area contributed by atoms with Crippen molar-refractivity contribution in [1.82, 2.24) is 0 Å². The van der Waals surface area contributed by atoms with Gasteiger partial charge >= 0.3 is 0 Å². The molecule has 0 saturated carbocycles. The van der Waals surface area contributed by atoms with E-state index in [-0.39, 0.29) is 10.0 Å². The molecule has 1 aromatic rings. The van der Waals surface area contributed by atoms with Crippen LogP contribution in [-0.4, -0.2) is 18.7 Å². The highest BCUT2D eigenvalue weighted by atomic mass is 79.9. The van der Waals surface area contributed by atoms with Gasteiger partial charge in [0.05, 0.1) is 15.7 Å². The Kier molecular flexibility index (Phi) is 1.92. The minimum absolute atomic E-state index is 0.146. The van der Waals surface area contributed by atoms with Gasteiger partial charge in [-0.05, 0) is 28.1 Å². The van der Waals surface area contributed by atoms with E-state index in [4.69, 9.17) is 0 Å². The molecule has 1 aliphatic heterocycles. The Labute approximate surface area is 87.6 Å². The first-order valence-corrected chi connectivity index (χ1v) is 4.63. The number of amides is 1. The highest BCUT2D eigenvalue weighted by molar-refractivity contribution is 9.10. The number of carbonyl (C=O) groups excluding carboxylic acids is 2. The van der Waals surface area contributed by atoms with Crippen LogP contribution >= 0.6 is 15.9 Å². The Bertz CT molecular complexity index is 458. The van der Waals surface area contributed by atoms with Crippen LogP contribution in [0.3, 0.4) is 0 Å². The molecule has 0 aromatic heterocycles. The third-order valence-corrected chi connectivity index (χ3v) is 2.77. The van der Waals surface area contributed by atoms with Crippen LogP contribution in [-0.2, 0) is 4.79 Å². The predicted octanol–water partition coefficient (Wildman–Crippen LogP) is 1.75. The molecular formula is C9H5BrFNO2. The molecular weight excluding hydrogens is 253 g/mol. The number of rotatable bonds is 0. The van der Waals surface area contributed by atoms with Crippen molar-refractivity contribution >= 4 is 33.3 Å². The third kappa shape index (κ3) is 1.02. The number of halogens is 2. The van der Waals surface area contributed by atoms with Gasteiger partial charge in [-0.25, -0.2) is 4.39 Å². The van der Waals surface area contributed by atoms with E-state index < -0.39 is 17.5 Å². The van der Waals surface area contributed by atoms with E-state index in [0.717, 1.165) is 4.90 Å². The first kappa shape index (κ1) is 9.33. The lowest BCUT2D eigenvalue weighted by molar-refractivity contribution is -0.114. The van der Waals surface area contributed by atoms with Crippen LogP contribution in [0.5, 0.6) is 0 Å². The van der Waals surface area contributed by atoms with Gasteiger partial charge in [0.25, 0.3) is 11.7 Å². The van der Waals surface area contributed by atoms with Crippen LogP contribution in [0.1, 0.15) is 10.4 Å². The lowest BCUT2D eigenvalue weighted by Gasteiger charge is -2.08. The normalized spacial score (nSPS) is 14.9. The van der Waals surface area contributed by atoms with Gasteiger partial charge in [0.1, 0.15) is 0 Å². The molecule has 72 valence electrons. The summed E-state index contributed by atoms with van der Waals surface area (Å²) in [4.78, 5) is 23.7. The van der Waals surface area contributed by atoms with Gasteiger partial charge < -0.3 is 4.90 Å². The number of fused-ring (bicyclic) bond motifs is 1. The summed E-state index contributed by atoms with van der Waals surface area (Å²) >= 11 is 2.96. The molecule has 0 bridgehead atoms. The van der Waals surface area contributed by atoms with E-state index in [1.54, 1.807) is 0 Å². The summed E-state index contributed by atoms with van der Waals surface area (Å²) in [5.74, 6) is -2.16. The van der Waals surface area contributed by atoms with Crippen LogP contribution in [0.4, 0.5) is 10.1 Å². The van der Waals surface area contributed by atoms with E-state index in [9.17, 15) is 14.0 Å². The zero-order valence-corrected chi connectivity index (χ0v) is 8.76. The van der Waals surface area contributed by atoms with E-state index in [1.165, 1.54) is 19.2 Å². The molecule has 0 atom stereocenters. The highest BCUT2D eigenvalue weighted by Crippen LogP contribution is 2.33. The summed E-state index contributed by atoms with van der Waals surface area (Å²) < 4.78 is 13.6. The van der Waals surface area contributed by atoms with Gasteiger partial charge in [-0.2, -0.15) is 0 Å². The number of anilines is 1. The second-order valence-electron chi connectivity index (χ2n) is 2.95. The average molecular weight is 258 g/mol. The lowest BCUT2D eigenvalue weighted by atomic mass is 10.1. The number of carbonyl (C=O) groups is 2. The van der Waals surface area contributed by atoms with Crippen LogP contribution in [0.25, 0.3) is 0 Å². The average Bonchev–Trinajstić information content (AvgIpc) is 2.38. The largest absolute Gasteiger partial charge is 0.308 e. The van der Waals surface area contributed by atoms with Crippen molar-refractivity contribution in [2.45, 2.75) is 0 Å². The van der Waals surface area contributed by atoms with Crippen molar-refractivity contribution in [2.75, 3.05) is 11.9 Å². The summed E-state index contributed by atoms with van der Waals surface area (Å²) in [6.45, 7) is 0. The minimum Gasteiger partial charge on any atom is -0.308 e. The number of nitrogens with zero attached hydrogens (tertiary/aromatic N) is 1. The second-order valence-corrected chi connectivity index (χ2v) is 3.80. The molecule has 0 N–H and O–H groups in total. The maximum Gasteiger partial charge on any atom is 0.299 e. The Morgan fingerprint density at radius 3 is 2.64 bits per heavy atom. The molecule has 0 spiro atoms. The number of ketones is 1. The standard InChI is InChI=1S/C9H5BrFNO2/c1-12-5-3-2-4(10)7(11)6(5)8(13)9(12)14/h2-3H,1H3. The van der Waals surface area contributed by atoms with E-state index in [1.807, 2.05) is 0 Å². The Morgan fingerprint density at radius 2 is 2.00 bits per heavy atom. The van der Waals surface area contributed by atoms with Crippen LogP contribution in [0.2, 0.25) is 0 Å². The summed E-state index contributed by atoms with van der Waals surface area (Å²) in [6.07, 6.45) is 0. The monoisotopic (exact) mass is 257 g/mol. The topological polar surface area (TPSA) is 37.4 Å². The van der Waals surface area contributed by atoms with Crippen LogP contribution < -0.4 is 4.90 Å². The van der Waals surface area contributed by atoms with Crippen LogP contribution in [0, 0.1) is 5.82 Å². The van der Waals surface area contributed by atoms with E-state index >= 15 is 0 Å². The highest BCUT2D eigenvalue weighted by Gasteiger charge is 2.36. The van der Waals surface area contributed by atoms with Crippen LogP contribution in [0.15, 0.2) is 16.6 Å². The molecule has 0 aliphatic carbocycles. The number of hydrogen-bond acceptors (Lipinski definition) is 2.